The van der Waals surface area contributed by atoms with Crippen molar-refractivity contribution in [2.45, 2.75) is 26.2 Å². The SMILES string of the molecule is CCOC(=O)[C@@H]1C(=O)C=C(c2ccc(C)cc2)C[C@H]1c1cccc(Cl)c1. The largest absolute Gasteiger partial charge is 0.465 e. The highest BCUT2D eigenvalue weighted by Crippen LogP contribution is 2.40. The van der Waals surface area contributed by atoms with Gasteiger partial charge in [-0.05, 0) is 55.2 Å². The summed E-state index contributed by atoms with van der Waals surface area (Å²) in [6, 6.07) is 15.4. The van der Waals surface area contributed by atoms with Gasteiger partial charge in [0.15, 0.2) is 5.78 Å². The third kappa shape index (κ3) is 3.88. The second kappa shape index (κ2) is 7.88. The van der Waals surface area contributed by atoms with Crippen LogP contribution >= 0.6 is 11.6 Å². The predicted octanol–water partition coefficient (Wildman–Crippen LogP) is 4.97. The van der Waals surface area contributed by atoms with Gasteiger partial charge in [-0.3, -0.25) is 9.59 Å². The third-order valence-corrected chi connectivity index (χ3v) is 4.94. The molecule has 26 heavy (non-hydrogen) atoms. The van der Waals surface area contributed by atoms with Crippen molar-refractivity contribution in [3.05, 3.63) is 76.3 Å². The van der Waals surface area contributed by atoms with Gasteiger partial charge in [0.05, 0.1) is 6.61 Å². The van der Waals surface area contributed by atoms with E-state index in [1.807, 2.05) is 49.4 Å². The van der Waals surface area contributed by atoms with Crippen molar-refractivity contribution < 1.29 is 14.3 Å². The Morgan fingerprint density at radius 3 is 2.58 bits per heavy atom. The lowest BCUT2D eigenvalue weighted by Gasteiger charge is -2.29. The lowest BCUT2D eigenvalue weighted by Crippen LogP contribution is -2.34. The number of hydrogen-bond acceptors (Lipinski definition) is 3. The minimum absolute atomic E-state index is 0.213. The quantitative estimate of drug-likeness (QED) is 0.565. The first-order valence-corrected chi connectivity index (χ1v) is 9.11. The fraction of sp³-hybridized carbons (Fsp3) is 0.273. The molecule has 0 saturated heterocycles. The van der Waals surface area contributed by atoms with E-state index in [0.717, 1.165) is 22.3 Å². The van der Waals surface area contributed by atoms with Crippen molar-refractivity contribution >= 4 is 28.9 Å². The summed E-state index contributed by atoms with van der Waals surface area (Å²) in [5, 5.41) is 0.587. The van der Waals surface area contributed by atoms with Crippen LogP contribution in [0.1, 0.15) is 36.0 Å². The number of ether oxygens (including phenoxy) is 1. The molecule has 0 saturated carbocycles. The summed E-state index contributed by atoms with van der Waals surface area (Å²) in [5.41, 5.74) is 3.97. The lowest BCUT2D eigenvalue weighted by molar-refractivity contribution is -0.151. The molecular weight excluding hydrogens is 348 g/mol. The van der Waals surface area contributed by atoms with Gasteiger partial charge in [0.1, 0.15) is 5.92 Å². The minimum atomic E-state index is -0.831. The molecule has 2 aromatic rings. The number of hydrogen-bond donors (Lipinski definition) is 0. The number of rotatable bonds is 4. The van der Waals surface area contributed by atoms with Crippen LogP contribution in [0.2, 0.25) is 5.02 Å². The van der Waals surface area contributed by atoms with E-state index >= 15 is 0 Å². The molecule has 3 nitrogen and oxygen atoms in total. The maximum Gasteiger partial charge on any atom is 0.317 e. The molecule has 0 bridgehead atoms. The Morgan fingerprint density at radius 2 is 1.92 bits per heavy atom. The number of ketones is 1. The summed E-state index contributed by atoms with van der Waals surface area (Å²) in [5.74, 6) is -1.80. The van der Waals surface area contributed by atoms with Crippen LogP contribution in [-0.2, 0) is 14.3 Å². The molecule has 0 radical (unpaired) electrons. The highest BCUT2D eigenvalue weighted by atomic mass is 35.5. The Hall–Kier alpha value is -2.39. The van der Waals surface area contributed by atoms with Crippen LogP contribution < -0.4 is 0 Å². The topological polar surface area (TPSA) is 43.4 Å². The average molecular weight is 369 g/mol. The van der Waals surface area contributed by atoms with E-state index in [4.69, 9.17) is 16.3 Å². The molecule has 0 fully saturated rings. The molecule has 134 valence electrons. The van der Waals surface area contributed by atoms with Crippen LogP contribution in [0.5, 0.6) is 0 Å². The molecular formula is C22H21ClO3. The maximum atomic E-state index is 12.8. The molecule has 0 spiro atoms. The van der Waals surface area contributed by atoms with E-state index in [0.29, 0.717) is 11.4 Å². The van der Waals surface area contributed by atoms with Crippen LogP contribution in [-0.4, -0.2) is 18.4 Å². The van der Waals surface area contributed by atoms with E-state index in [9.17, 15) is 9.59 Å². The van der Waals surface area contributed by atoms with Gasteiger partial charge in [-0.1, -0.05) is 53.6 Å². The van der Waals surface area contributed by atoms with Gasteiger partial charge in [-0.25, -0.2) is 0 Å². The molecule has 1 aliphatic rings. The Balaban J connectivity index is 2.02. The molecule has 0 amide bonds. The first-order chi connectivity index (χ1) is 12.5. The smallest absolute Gasteiger partial charge is 0.317 e. The molecule has 3 rings (SSSR count). The Labute approximate surface area is 158 Å². The number of halogens is 1. The zero-order valence-corrected chi connectivity index (χ0v) is 15.6. The molecule has 1 aliphatic carbocycles. The number of aryl methyl sites for hydroxylation is 1. The van der Waals surface area contributed by atoms with Gasteiger partial charge in [0.2, 0.25) is 0 Å². The monoisotopic (exact) mass is 368 g/mol. The first kappa shape index (κ1) is 18.4. The zero-order valence-electron chi connectivity index (χ0n) is 14.9. The van der Waals surface area contributed by atoms with Crippen molar-refractivity contribution in [3.8, 4) is 0 Å². The molecule has 0 unspecified atom stereocenters. The molecule has 0 N–H and O–H groups in total. The Bertz CT molecular complexity index is 852. The van der Waals surface area contributed by atoms with E-state index in [2.05, 4.69) is 0 Å². The second-order valence-electron chi connectivity index (χ2n) is 6.53. The van der Waals surface area contributed by atoms with Gasteiger partial charge in [0, 0.05) is 10.9 Å². The molecule has 2 atom stereocenters. The van der Waals surface area contributed by atoms with Gasteiger partial charge in [-0.2, -0.15) is 0 Å². The number of carbonyl (C=O) groups excluding carboxylic acids is 2. The van der Waals surface area contributed by atoms with Crippen molar-refractivity contribution in [1.29, 1.82) is 0 Å². The fourth-order valence-corrected chi connectivity index (χ4v) is 3.60. The van der Waals surface area contributed by atoms with Crippen LogP contribution in [0.25, 0.3) is 5.57 Å². The summed E-state index contributed by atoms with van der Waals surface area (Å²) in [4.78, 5) is 25.3. The predicted molar refractivity (Wildman–Crippen MR) is 103 cm³/mol. The highest BCUT2D eigenvalue weighted by Gasteiger charge is 2.39. The van der Waals surface area contributed by atoms with E-state index in [1.165, 1.54) is 0 Å². The number of allylic oxidation sites excluding steroid dienone is 2. The fourth-order valence-electron chi connectivity index (χ4n) is 3.40. The van der Waals surface area contributed by atoms with Crippen molar-refractivity contribution in [3.63, 3.8) is 0 Å². The summed E-state index contributed by atoms with van der Waals surface area (Å²) < 4.78 is 5.17. The zero-order chi connectivity index (χ0) is 18.7. The first-order valence-electron chi connectivity index (χ1n) is 8.73. The lowest BCUT2D eigenvalue weighted by atomic mass is 9.73. The van der Waals surface area contributed by atoms with E-state index in [-0.39, 0.29) is 18.3 Å². The van der Waals surface area contributed by atoms with Crippen molar-refractivity contribution in [2.75, 3.05) is 6.61 Å². The van der Waals surface area contributed by atoms with E-state index < -0.39 is 11.9 Å². The van der Waals surface area contributed by atoms with Crippen molar-refractivity contribution in [2.24, 2.45) is 5.92 Å². The Morgan fingerprint density at radius 1 is 1.19 bits per heavy atom. The summed E-state index contributed by atoms with van der Waals surface area (Å²) >= 11 is 6.14. The molecule has 0 aromatic heterocycles. The van der Waals surface area contributed by atoms with Crippen LogP contribution in [0.15, 0.2) is 54.6 Å². The number of carbonyl (C=O) groups is 2. The highest BCUT2D eigenvalue weighted by molar-refractivity contribution is 6.30. The Kier molecular flexibility index (Phi) is 5.58. The average Bonchev–Trinajstić information content (AvgIpc) is 2.61. The van der Waals surface area contributed by atoms with Gasteiger partial charge in [-0.15, -0.1) is 0 Å². The summed E-state index contributed by atoms with van der Waals surface area (Å²) in [6.07, 6.45) is 2.17. The van der Waals surface area contributed by atoms with Crippen LogP contribution in [0.3, 0.4) is 0 Å². The van der Waals surface area contributed by atoms with Gasteiger partial charge in [0.25, 0.3) is 0 Å². The number of esters is 1. The number of benzene rings is 2. The molecule has 0 aliphatic heterocycles. The summed E-state index contributed by atoms with van der Waals surface area (Å²) in [6.45, 7) is 4.02. The minimum Gasteiger partial charge on any atom is -0.465 e. The molecule has 4 heteroatoms. The maximum absolute atomic E-state index is 12.8. The van der Waals surface area contributed by atoms with Gasteiger partial charge >= 0.3 is 5.97 Å². The standard InChI is InChI=1S/C22H21ClO3/c1-3-26-22(25)21-19(16-5-4-6-18(23)11-16)12-17(13-20(21)24)15-9-7-14(2)8-10-15/h4-11,13,19,21H,3,12H2,1-2H3/t19-,21-/m0/s1. The second-order valence-corrected chi connectivity index (χ2v) is 6.97. The van der Waals surface area contributed by atoms with Crippen LogP contribution in [0.4, 0.5) is 0 Å². The van der Waals surface area contributed by atoms with Crippen LogP contribution in [0, 0.1) is 12.8 Å². The van der Waals surface area contributed by atoms with E-state index in [1.54, 1.807) is 19.1 Å². The van der Waals surface area contributed by atoms with Gasteiger partial charge < -0.3 is 4.74 Å². The van der Waals surface area contributed by atoms with Crippen molar-refractivity contribution in [1.82, 2.24) is 0 Å². The molecule has 0 heterocycles. The summed E-state index contributed by atoms with van der Waals surface area (Å²) in [7, 11) is 0. The third-order valence-electron chi connectivity index (χ3n) is 4.70. The molecule has 2 aromatic carbocycles. The normalized spacial score (nSPS) is 19.8.